The number of rotatable bonds is 2. The third-order valence-electron chi connectivity index (χ3n) is 3.99. The first-order valence-corrected chi connectivity index (χ1v) is 6.24. The second-order valence-electron chi connectivity index (χ2n) is 5.22. The van der Waals surface area contributed by atoms with Crippen molar-refractivity contribution in [1.82, 2.24) is 4.98 Å². The average molecular weight is 230 g/mol. The van der Waals surface area contributed by atoms with Crippen molar-refractivity contribution in [3.8, 4) is 0 Å². The van der Waals surface area contributed by atoms with Gasteiger partial charge in [-0.25, -0.2) is 4.98 Å². The molecule has 1 saturated heterocycles. The third-order valence-corrected chi connectivity index (χ3v) is 3.99. The number of fused-ring (bicyclic) bond motifs is 2. The Morgan fingerprint density at radius 2 is 2.29 bits per heavy atom. The van der Waals surface area contributed by atoms with E-state index < -0.39 is 0 Å². The monoisotopic (exact) mass is 230 g/mol. The molecule has 1 aromatic heterocycles. The van der Waals surface area contributed by atoms with Crippen molar-refractivity contribution in [3.05, 3.63) is 23.4 Å². The SMILES string of the molecule is Cc1ccc(C(=N)N)c(N2CC3CCC2C3)n1. The van der Waals surface area contributed by atoms with Crippen LogP contribution < -0.4 is 10.6 Å². The summed E-state index contributed by atoms with van der Waals surface area (Å²) in [5, 5.41) is 7.66. The van der Waals surface area contributed by atoms with E-state index in [-0.39, 0.29) is 5.84 Å². The Morgan fingerprint density at radius 1 is 1.47 bits per heavy atom. The minimum atomic E-state index is 0.121. The number of hydrogen-bond donors (Lipinski definition) is 2. The van der Waals surface area contributed by atoms with E-state index in [1.165, 1.54) is 19.3 Å². The fourth-order valence-corrected chi connectivity index (χ4v) is 3.16. The maximum atomic E-state index is 7.66. The van der Waals surface area contributed by atoms with Crippen molar-refractivity contribution in [2.24, 2.45) is 11.7 Å². The van der Waals surface area contributed by atoms with E-state index in [4.69, 9.17) is 11.1 Å². The lowest BCUT2D eigenvalue weighted by Crippen LogP contribution is -2.34. The summed E-state index contributed by atoms with van der Waals surface area (Å²) >= 11 is 0. The van der Waals surface area contributed by atoms with Crippen LogP contribution in [-0.4, -0.2) is 23.4 Å². The molecule has 0 radical (unpaired) electrons. The van der Waals surface area contributed by atoms with Crippen molar-refractivity contribution in [1.29, 1.82) is 5.41 Å². The molecule has 3 N–H and O–H groups in total. The molecule has 2 heterocycles. The number of aryl methyl sites for hydroxylation is 1. The van der Waals surface area contributed by atoms with Crippen LogP contribution in [0.4, 0.5) is 5.82 Å². The number of aromatic nitrogens is 1. The Balaban J connectivity index is 2.01. The normalized spacial score (nSPS) is 26.5. The van der Waals surface area contributed by atoms with Gasteiger partial charge >= 0.3 is 0 Å². The summed E-state index contributed by atoms with van der Waals surface area (Å²) in [6.45, 7) is 3.07. The van der Waals surface area contributed by atoms with Crippen LogP contribution in [0.25, 0.3) is 0 Å². The Kier molecular flexibility index (Phi) is 2.31. The molecule has 2 fully saturated rings. The van der Waals surface area contributed by atoms with Crippen LogP contribution in [0.3, 0.4) is 0 Å². The van der Waals surface area contributed by atoms with Crippen molar-refractivity contribution >= 4 is 11.7 Å². The first-order chi connectivity index (χ1) is 8.15. The number of hydrogen-bond acceptors (Lipinski definition) is 3. The molecule has 2 aliphatic rings. The molecule has 0 aromatic carbocycles. The van der Waals surface area contributed by atoms with Crippen LogP contribution >= 0.6 is 0 Å². The highest BCUT2D eigenvalue weighted by molar-refractivity contribution is 5.99. The number of nitrogens with two attached hydrogens (primary N) is 1. The van der Waals surface area contributed by atoms with Crippen molar-refractivity contribution in [3.63, 3.8) is 0 Å². The minimum Gasteiger partial charge on any atom is -0.384 e. The van der Waals surface area contributed by atoms with Gasteiger partial charge in [0, 0.05) is 18.3 Å². The van der Waals surface area contributed by atoms with Crippen LogP contribution in [0.5, 0.6) is 0 Å². The van der Waals surface area contributed by atoms with Crippen molar-refractivity contribution < 1.29 is 0 Å². The summed E-state index contributed by atoms with van der Waals surface area (Å²) in [4.78, 5) is 6.96. The van der Waals surface area contributed by atoms with Crippen LogP contribution in [0.15, 0.2) is 12.1 Å². The summed E-state index contributed by atoms with van der Waals surface area (Å²) in [7, 11) is 0. The van der Waals surface area contributed by atoms with Gasteiger partial charge < -0.3 is 10.6 Å². The predicted molar refractivity (Wildman–Crippen MR) is 68.5 cm³/mol. The summed E-state index contributed by atoms with van der Waals surface area (Å²) in [5.41, 5.74) is 7.42. The van der Waals surface area contributed by atoms with Crippen LogP contribution in [0, 0.1) is 18.3 Å². The van der Waals surface area contributed by atoms with E-state index >= 15 is 0 Å². The molecule has 1 aliphatic heterocycles. The Morgan fingerprint density at radius 3 is 2.88 bits per heavy atom. The van der Waals surface area contributed by atoms with Crippen LogP contribution in [-0.2, 0) is 0 Å². The maximum absolute atomic E-state index is 7.66. The van der Waals surface area contributed by atoms with E-state index in [0.29, 0.717) is 6.04 Å². The van der Waals surface area contributed by atoms with E-state index in [1.54, 1.807) is 0 Å². The minimum absolute atomic E-state index is 0.121. The molecule has 2 bridgehead atoms. The molecule has 4 nitrogen and oxygen atoms in total. The number of nitrogens with zero attached hydrogens (tertiary/aromatic N) is 2. The molecule has 1 saturated carbocycles. The molecule has 2 unspecified atom stereocenters. The fraction of sp³-hybridized carbons (Fsp3) is 0.538. The summed E-state index contributed by atoms with van der Waals surface area (Å²) < 4.78 is 0. The van der Waals surface area contributed by atoms with Gasteiger partial charge in [0.2, 0.25) is 0 Å². The largest absolute Gasteiger partial charge is 0.384 e. The number of nitrogen functional groups attached to an aromatic ring is 1. The van der Waals surface area contributed by atoms with Gasteiger partial charge in [-0.3, -0.25) is 5.41 Å². The lowest BCUT2D eigenvalue weighted by Gasteiger charge is -2.29. The smallest absolute Gasteiger partial charge is 0.140 e. The lowest BCUT2D eigenvalue weighted by atomic mass is 10.1. The van der Waals surface area contributed by atoms with Gasteiger partial charge in [0.25, 0.3) is 0 Å². The zero-order chi connectivity index (χ0) is 12.0. The Hall–Kier alpha value is -1.58. The number of nitrogens with one attached hydrogen (secondary N) is 1. The molecule has 4 heteroatoms. The zero-order valence-electron chi connectivity index (χ0n) is 10.1. The van der Waals surface area contributed by atoms with Gasteiger partial charge in [0.15, 0.2) is 0 Å². The van der Waals surface area contributed by atoms with Crippen molar-refractivity contribution in [2.75, 3.05) is 11.4 Å². The van der Waals surface area contributed by atoms with Gasteiger partial charge in [-0.2, -0.15) is 0 Å². The van der Waals surface area contributed by atoms with E-state index in [0.717, 1.165) is 29.5 Å². The standard InChI is InChI=1S/C13H18N4/c1-8-2-5-11(12(14)15)13(16-8)17-7-9-3-4-10(17)6-9/h2,5,9-10H,3-4,6-7H2,1H3,(H3,14,15). The summed E-state index contributed by atoms with van der Waals surface area (Å²) in [6.07, 6.45) is 3.90. The highest BCUT2D eigenvalue weighted by Crippen LogP contribution is 2.40. The second-order valence-corrected chi connectivity index (χ2v) is 5.22. The maximum Gasteiger partial charge on any atom is 0.140 e. The summed E-state index contributed by atoms with van der Waals surface area (Å²) in [6, 6.07) is 4.47. The Labute approximate surface area is 101 Å². The number of piperidine rings is 1. The number of amidine groups is 1. The molecule has 17 heavy (non-hydrogen) atoms. The Bertz CT molecular complexity index is 468. The molecule has 1 aliphatic carbocycles. The highest BCUT2D eigenvalue weighted by atomic mass is 15.2. The molecule has 0 spiro atoms. The van der Waals surface area contributed by atoms with Crippen molar-refractivity contribution in [2.45, 2.75) is 32.2 Å². The van der Waals surface area contributed by atoms with Gasteiger partial charge in [-0.05, 0) is 44.2 Å². The predicted octanol–water partition coefficient (Wildman–Crippen LogP) is 1.66. The lowest BCUT2D eigenvalue weighted by molar-refractivity contribution is 0.550. The van der Waals surface area contributed by atoms with E-state index in [1.807, 2.05) is 19.1 Å². The molecule has 0 amide bonds. The third kappa shape index (κ3) is 1.68. The molecule has 3 rings (SSSR count). The topological polar surface area (TPSA) is 66.0 Å². The molecule has 1 aromatic rings. The fourth-order valence-electron chi connectivity index (χ4n) is 3.16. The summed E-state index contributed by atoms with van der Waals surface area (Å²) in [5.74, 6) is 1.86. The molecule has 2 atom stereocenters. The van der Waals surface area contributed by atoms with E-state index in [2.05, 4.69) is 9.88 Å². The average Bonchev–Trinajstić information content (AvgIpc) is 2.90. The highest BCUT2D eigenvalue weighted by Gasteiger charge is 2.39. The van der Waals surface area contributed by atoms with Gasteiger partial charge in [0.05, 0.1) is 5.56 Å². The van der Waals surface area contributed by atoms with E-state index in [9.17, 15) is 0 Å². The van der Waals surface area contributed by atoms with Gasteiger partial charge in [0.1, 0.15) is 11.7 Å². The first kappa shape index (κ1) is 10.6. The van der Waals surface area contributed by atoms with Crippen LogP contribution in [0.1, 0.15) is 30.5 Å². The first-order valence-electron chi connectivity index (χ1n) is 6.24. The molecular formula is C13H18N4. The second kappa shape index (κ2) is 3.72. The van der Waals surface area contributed by atoms with Gasteiger partial charge in [-0.15, -0.1) is 0 Å². The molecule has 90 valence electrons. The molecular weight excluding hydrogens is 212 g/mol. The van der Waals surface area contributed by atoms with Gasteiger partial charge in [-0.1, -0.05) is 0 Å². The van der Waals surface area contributed by atoms with Crippen LogP contribution in [0.2, 0.25) is 0 Å². The number of pyridine rings is 1. The quantitative estimate of drug-likeness (QED) is 0.600. The number of anilines is 1. The zero-order valence-corrected chi connectivity index (χ0v) is 10.1.